The van der Waals surface area contributed by atoms with Crippen LogP contribution in [-0.4, -0.2) is 29.4 Å². The van der Waals surface area contributed by atoms with Crippen LogP contribution in [0.4, 0.5) is 0 Å². The van der Waals surface area contributed by atoms with E-state index >= 15 is 0 Å². The Bertz CT molecular complexity index is 323. The third-order valence-electron chi connectivity index (χ3n) is 3.09. The maximum absolute atomic E-state index is 11.9. The molecule has 4 N–H and O–H groups in total. The molecule has 0 aromatic heterocycles. The van der Waals surface area contributed by atoms with E-state index in [1.807, 2.05) is 20.8 Å². The average Bonchev–Trinajstić information content (AvgIpc) is 2.62. The molecule has 1 aliphatic carbocycles. The van der Waals surface area contributed by atoms with Crippen LogP contribution < -0.4 is 16.4 Å². The van der Waals surface area contributed by atoms with E-state index in [-0.39, 0.29) is 29.3 Å². The zero-order valence-corrected chi connectivity index (χ0v) is 11.7. The standard InChI is InChI=1S/C13H25N3O2/c1-8(11(17)16-13(2,3)4)15-12(18)9-5-6-10(14)7-9/h8-10H,5-7,14H2,1-4H3,(H,15,18)(H,16,17). The van der Waals surface area contributed by atoms with Gasteiger partial charge < -0.3 is 16.4 Å². The van der Waals surface area contributed by atoms with Crippen molar-refractivity contribution < 1.29 is 9.59 Å². The molecule has 5 nitrogen and oxygen atoms in total. The van der Waals surface area contributed by atoms with Crippen molar-refractivity contribution in [1.29, 1.82) is 0 Å². The Morgan fingerprint density at radius 2 is 1.89 bits per heavy atom. The van der Waals surface area contributed by atoms with Gasteiger partial charge in [-0.05, 0) is 47.0 Å². The monoisotopic (exact) mass is 255 g/mol. The largest absolute Gasteiger partial charge is 0.350 e. The molecular weight excluding hydrogens is 230 g/mol. The highest BCUT2D eigenvalue weighted by molar-refractivity contribution is 5.88. The molecule has 1 rings (SSSR count). The molecule has 1 saturated carbocycles. The van der Waals surface area contributed by atoms with E-state index in [4.69, 9.17) is 5.73 Å². The summed E-state index contributed by atoms with van der Waals surface area (Å²) in [5.41, 5.74) is 5.49. The van der Waals surface area contributed by atoms with E-state index < -0.39 is 6.04 Å². The van der Waals surface area contributed by atoms with Crippen LogP contribution >= 0.6 is 0 Å². The lowest BCUT2D eigenvalue weighted by molar-refractivity contribution is -0.131. The summed E-state index contributed by atoms with van der Waals surface area (Å²) in [5.74, 6) is -0.248. The molecule has 104 valence electrons. The topological polar surface area (TPSA) is 84.2 Å². The van der Waals surface area contributed by atoms with Crippen molar-refractivity contribution in [3.63, 3.8) is 0 Å². The van der Waals surface area contributed by atoms with E-state index in [1.165, 1.54) is 0 Å². The second-order valence-corrected chi connectivity index (χ2v) is 6.24. The van der Waals surface area contributed by atoms with Crippen LogP contribution in [0, 0.1) is 5.92 Å². The van der Waals surface area contributed by atoms with Crippen LogP contribution in [0.15, 0.2) is 0 Å². The van der Waals surface area contributed by atoms with Crippen LogP contribution in [-0.2, 0) is 9.59 Å². The number of amides is 2. The van der Waals surface area contributed by atoms with Gasteiger partial charge in [0.2, 0.25) is 11.8 Å². The molecule has 3 atom stereocenters. The van der Waals surface area contributed by atoms with Gasteiger partial charge in [-0.1, -0.05) is 0 Å². The molecule has 0 aliphatic heterocycles. The molecule has 0 spiro atoms. The van der Waals surface area contributed by atoms with E-state index in [2.05, 4.69) is 10.6 Å². The molecule has 1 fully saturated rings. The Kier molecular flexibility index (Phi) is 4.73. The molecular formula is C13H25N3O2. The lowest BCUT2D eigenvalue weighted by Gasteiger charge is -2.24. The van der Waals surface area contributed by atoms with Gasteiger partial charge in [-0.3, -0.25) is 9.59 Å². The lowest BCUT2D eigenvalue weighted by Crippen LogP contribution is -2.51. The number of hydrogen-bond donors (Lipinski definition) is 3. The molecule has 0 aromatic carbocycles. The Hall–Kier alpha value is -1.10. The van der Waals surface area contributed by atoms with Gasteiger partial charge in [0.25, 0.3) is 0 Å². The van der Waals surface area contributed by atoms with Crippen LogP contribution in [0.1, 0.15) is 47.0 Å². The van der Waals surface area contributed by atoms with Gasteiger partial charge in [0.15, 0.2) is 0 Å². The summed E-state index contributed by atoms with van der Waals surface area (Å²) in [5, 5.41) is 5.60. The molecule has 1 aliphatic rings. The first-order valence-corrected chi connectivity index (χ1v) is 6.57. The van der Waals surface area contributed by atoms with E-state index in [1.54, 1.807) is 6.92 Å². The van der Waals surface area contributed by atoms with Gasteiger partial charge in [-0.15, -0.1) is 0 Å². The van der Waals surface area contributed by atoms with Crippen molar-refractivity contribution in [3.8, 4) is 0 Å². The normalized spacial score (nSPS) is 25.6. The van der Waals surface area contributed by atoms with Gasteiger partial charge >= 0.3 is 0 Å². The summed E-state index contributed by atoms with van der Waals surface area (Å²) in [6.45, 7) is 7.44. The molecule has 2 amide bonds. The predicted molar refractivity (Wildman–Crippen MR) is 70.8 cm³/mol. The minimum Gasteiger partial charge on any atom is -0.350 e. The van der Waals surface area contributed by atoms with Crippen molar-refractivity contribution in [2.24, 2.45) is 11.7 Å². The van der Waals surface area contributed by atoms with E-state index in [0.717, 1.165) is 19.3 Å². The number of hydrogen-bond acceptors (Lipinski definition) is 3. The quantitative estimate of drug-likeness (QED) is 0.688. The summed E-state index contributed by atoms with van der Waals surface area (Å²) in [6, 6.07) is -0.381. The fourth-order valence-electron chi connectivity index (χ4n) is 2.13. The van der Waals surface area contributed by atoms with Crippen LogP contribution in [0.5, 0.6) is 0 Å². The first-order valence-electron chi connectivity index (χ1n) is 6.57. The lowest BCUT2D eigenvalue weighted by atomic mass is 10.1. The van der Waals surface area contributed by atoms with Crippen molar-refractivity contribution in [1.82, 2.24) is 10.6 Å². The number of rotatable bonds is 3. The highest BCUT2D eigenvalue weighted by Crippen LogP contribution is 2.24. The third-order valence-corrected chi connectivity index (χ3v) is 3.09. The highest BCUT2D eigenvalue weighted by Gasteiger charge is 2.29. The minimum atomic E-state index is -0.506. The maximum Gasteiger partial charge on any atom is 0.242 e. The minimum absolute atomic E-state index is 0.0371. The third kappa shape index (κ3) is 4.64. The van der Waals surface area contributed by atoms with E-state index in [9.17, 15) is 9.59 Å². The Labute approximate surface area is 109 Å². The van der Waals surface area contributed by atoms with Crippen molar-refractivity contribution in [2.45, 2.75) is 64.6 Å². The van der Waals surface area contributed by atoms with Crippen molar-refractivity contribution in [3.05, 3.63) is 0 Å². The molecule has 0 heterocycles. The summed E-state index contributed by atoms with van der Waals surface area (Å²) < 4.78 is 0. The first kappa shape index (κ1) is 15.0. The van der Waals surface area contributed by atoms with E-state index in [0.29, 0.717) is 0 Å². The highest BCUT2D eigenvalue weighted by atomic mass is 16.2. The fraction of sp³-hybridized carbons (Fsp3) is 0.846. The molecule has 5 heteroatoms. The first-order chi connectivity index (χ1) is 8.19. The number of carbonyl (C=O) groups is 2. The van der Waals surface area contributed by atoms with Gasteiger partial charge in [-0.25, -0.2) is 0 Å². The molecule has 0 aromatic rings. The second-order valence-electron chi connectivity index (χ2n) is 6.24. The summed E-state index contributed by atoms with van der Waals surface area (Å²) in [4.78, 5) is 23.7. The Morgan fingerprint density at radius 3 is 2.33 bits per heavy atom. The molecule has 0 saturated heterocycles. The predicted octanol–water partition coefficient (Wildman–Crippen LogP) is 0.533. The van der Waals surface area contributed by atoms with Gasteiger partial charge in [0.1, 0.15) is 6.04 Å². The van der Waals surface area contributed by atoms with Crippen LogP contribution in [0.2, 0.25) is 0 Å². The van der Waals surface area contributed by atoms with Crippen molar-refractivity contribution >= 4 is 11.8 Å². The van der Waals surface area contributed by atoms with Crippen LogP contribution in [0.25, 0.3) is 0 Å². The zero-order valence-electron chi connectivity index (χ0n) is 11.7. The smallest absolute Gasteiger partial charge is 0.242 e. The molecule has 0 bridgehead atoms. The average molecular weight is 255 g/mol. The summed E-state index contributed by atoms with van der Waals surface area (Å²) >= 11 is 0. The van der Waals surface area contributed by atoms with Gasteiger partial charge in [-0.2, -0.15) is 0 Å². The number of carbonyl (C=O) groups excluding carboxylic acids is 2. The molecule has 0 radical (unpaired) electrons. The maximum atomic E-state index is 11.9. The summed E-state index contributed by atoms with van der Waals surface area (Å²) in [7, 11) is 0. The Morgan fingerprint density at radius 1 is 1.28 bits per heavy atom. The number of nitrogens with two attached hydrogens (primary N) is 1. The zero-order chi connectivity index (χ0) is 13.9. The SMILES string of the molecule is CC(NC(=O)C1CCC(N)C1)C(=O)NC(C)(C)C. The molecule has 18 heavy (non-hydrogen) atoms. The van der Waals surface area contributed by atoms with Gasteiger partial charge in [0, 0.05) is 17.5 Å². The Balaban J connectivity index is 2.42. The summed E-state index contributed by atoms with van der Waals surface area (Å²) in [6.07, 6.45) is 2.43. The van der Waals surface area contributed by atoms with Crippen LogP contribution in [0.3, 0.4) is 0 Å². The number of nitrogens with one attached hydrogen (secondary N) is 2. The second kappa shape index (κ2) is 5.69. The van der Waals surface area contributed by atoms with Gasteiger partial charge in [0.05, 0.1) is 0 Å². The molecule has 3 unspecified atom stereocenters. The fourth-order valence-corrected chi connectivity index (χ4v) is 2.13. The van der Waals surface area contributed by atoms with Crippen molar-refractivity contribution in [2.75, 3.05) is 0 Å².